The van der Waals surface area contributed by atoms with E-state index in [2.05, 4.69) is 5.32 Å². The molecule has 102 valence electrons. The highest BCUT2D eigenvalue weighted by Crippen LogP contribution is 2.30. The van der Waals surface area contributed by atoms with Crippen LogP contribution in [-0.2, 0) is 9.84 Å². The van der Waals surface area contributed by atoms with Gasteiger partial charge < -0.3 is 15.0 Å². The largest absolute Gasteiger partial charge is 0.497 e. The maximum atomic E-state index is 11.7. The molecule has 2 saturated heterocycles. The van der Waals surface area contributed by atoms with Crippen molar-refractivity contribution in [1.29, 1.82) is 0 Å². The Balaban J connectivity index is 1.92. The summed E-state index contributed by atoms with van der Waals surface area (Å²) < 4.78 is 28.5. The van der Waals surface area contributed by atoms with Gasteiger partial charge in [-0.2, -0.15) is 0 Å². The number of nitrogens with one attached hydrogen (secondary N) is 1. The fourth-order valence-corrected chi connectivity index (χ4v) is 4.93. The molecular formula is C12H14N2O3S2. The van der Waals surface area contributed by atoms with E-state index in [9.17, 15) is 8.42 Å². The zero-order chi connectivity index (χ0) is 13.6. The summed E-state index contributed by atoms with van der Waals surface area (Å²) in [7, 11) is -1.36. The minimum Gasteiger partial charge on any atom is -0.497 e. The van der Waals surface area contributed by atoms with Crippen molar-refractivity contribution in [1.82, 2.24) is 5.32 Å². The predicted molar refractivity (Wildman–Crippen MR) is 77.4 cm³/mol. The Morgan fingerprint density at radius 3 is 2.63 bits per heavy atom. The Morgan fingerprint density at radius 2 is 2.00 bits per heavy atom. The van der Waals surface area contributed by atoms with Crippen LogP contribution in [0.4, 0.5) is 5.69 Å². The van der Waals surface area contributed by atoms with Crippen LogP contribution in [0.25, 0.3) is 0 Å². The number of hydrogen-bond donors (Lipinski definition) is 1. The first kappa shape index (κ1) is 12.7. The Bertz CT molecular complexity index is 612. The third-order valence-corrected chi connectivity index (χ3v) is 5.56. The van der Waals surface area contributed by atoms with Gasteiger partial charge in [-0.1, -0.05) is 0 Å². The molecule has 0 aliphatic carbocycles. The maximum Gasteiger partial charge on any atom is 0.174 e. The minimum absolute atomic E-state index is 0.0976. The molecule has 0 saturated carbocycles. The first-order valence-corrected chi connectivity index (χ1v) is 8.17. The molecule has 0 amide bonds. The van der Waals surface area contributed by atoms with E-state index in [1.165, 1.54) is 0 Å². The molecule has 1 aromatic rings. The number of nitrogens with zero attached hydrogens (tertiary/aromatic N) is 1. The number of anilines is 1. The molecule has 2 atom stereocenters. The van der Waals surface area contributed by atoms with Gasteiger partial charge in [-0.3, -0.25) is 0 Å². The van der Waals surface area contributed by atoms with Crippen molar-refractivity contribution in [2.24, 2.45) is 0 Å². The van der Waals surface area contributed by atoms with E-state index in [1.54, 1.807) is 7.11 Å². The Kier molecular flexibility index (Phi) is 2.90. The van der Waals surface area contributed by atoms with Crippen LogP contribution in [0, 0.1) is 0 Å². The molecule has 0 unspecified atom stereocenters. The molecule has 2 fully saturated rings. The number of hydrogen-bond acceptors (Lipinski definition) is 4. The first-order chi connectivity index (χ1) is 9.00. The monoisotopic (exact) mass is 298 g/mol. The van der Waals surface area contributed by atoms with Gasteiger partial charge in [0.15, 0.2) is 14.9 Å². The van der Waals surface area contributed by atoms with Crippen LogP contribution in [0.15, 0.2) is 24.3 Å². The molecule has 1 aromatic carbocycles. The van der Waals surface area contributed by atoms with Crippen molar-refractivity contribution in [3.05, 3.63) is 24.3 Å². The summed E-state index contributed by atoms with van der Waals surface area (Å²) in [5, 5.41) is 3.69. The molecule has 0 radical (unpaired) electrons. The summed E-state index contributed by atoms with van der Waals surface area (Å²) in [6, 6.07) is 7.26. The molecular weight excluding hydrogens is 284 g/mol. The first-order valence-electron chi connectivity index (χ1n) is 5.94. The van der Waals surface area contributed by atoms with E-state index in [-0.39, 0.29) is 23.6 Å². The molecule has 2 heterocycles. The van der Waals surface area contributed by atoms with Gasteiger partial charge in [-0.25, -0.2) is 8.42 Å². The highest BCUT2D eigenvalue weighted by atomic mass is 32.2. The second-order valence-corrected chi connectivity index (χ2v) is 7.31. The van der Waals surface area contributed by atoms with Crippen LogP contribution in [0.2, 0.25) is 0 Å². The highest BCUT2D eigenvalue weighted by Gasteiger charge is 2.47. The lowest BCUT2D eigenvalue weighted by Crippen LogP contribution is -2.36. The topological polar surface area (TPSA) is 58.6 Å². The summed E-state index contributed by atoms with van der Waals surface area (Å²) in [6.07, 6.45) is 0. The number of ether oxygens (including phenoxy) is 1. The summed E-state index contributed by atoms with van der Waals surface area (Å²) in [5.41, 5.74) is 0.892. The van der Waals surface area contributed by atoms with Crippen LogP contribution >= 0.6 is 12.2 Å². The smallest absolute Gasteiger partial charge is 0.174 e. The van der Waals surface area contributed by atoms with Crippen molar-refractivity contribution in [3.63, 3.8) is 0 Å². The quantitative estimate of drug-likeness (QED) is 0.805. The molecule has 3 rings (SSSR count). The average molecular weight is 298 g/mol. The highest BCUT2D eigenvalue weighted by molar-refractivity contribution is 7.91. The SMILES string of the molecule is COc1ccc(N2C(=S)N[C@@H]3CS(=O)(=O)C[C@H]32)cc1. The van der Waals surface area contributed by atoms with Gasteiger partial charge in [0, 0.05) is 5.69 Å². The van der Waals surface area contributed by atoms with Gasteiger partial charge in [-0.05, 0) is 36.5 Å². The fraction of sp³-hybridized carbons (Fsp3) is 0.417. The number of sulfone groups is 1. The fourth-order valence-electron chi connectivity index (χ4n) is 2.65. The molecule has 5 nitrogen and oxygen atoms in total. The summed E-state index contributed by atoms with van der Waals surface area (Å²) >= 11 is 5.30. The van der Waals surface area contributed by atoms with Crippen molar-refractivity contribution in [2.75, 3.05) is 23.5 Å². The van der Waals surface area contributed by atoms with E-state index < -0.39 is 9.84 Å². The lowest BCUT2D eigenvalue weighted by molar-refractivity contribution is 0.415. The third-order valence-electron chi connectivity index (χ3n) is 3.53. The van der Waals surface area contributed by atoms with Crippen molar-refractivity contribution < 1.29 is 13.2 Å². The summed E-state index contributed by atoms with van der Waals surface area (Å²) in [6.45, 7) is 0. The van der Waals surface area contributed by atoms with Gasteiger partial charge in [0.25, 0.3) is 0 Å². The summed E-state index contributed by atoms with van der Waals surface area (Å²) in [5.74, 6) is 1.07. The second kappa shape index (κ2) is 4.35. The normalized spacial score (nSPS) is 28.1. The Labute approximate surface area is 117 Å². The van der Waals surface area contributed by atoms with Crippen LogP contribution in [0.1, 0.15) is 0 Å². The number of methoxy groups -OCH3 is 1. The standard InChI is InChI=1S/C12H14N2O3S2/c1-17-9-4-2-8(3-5-9)14-11-7-19(15,16)6-10(11)13-12(14)18/h2-5,10-11H,6-7H2,1H3,(H,13,18)/t10-,11-/m1/s1. The lowest BCUT2D eigenvalue weighted by atomic mass is 10.1. The Hall–Kier alpha value is -1.34. The van der Waals surface area contributed by atoms with Crippen LogP contribution in [0.5, 0.6) is 5.75 Å². The van der Waals surface area contributed by atoms with E-state index in [4.69, 9.17) is 17.0 Å². The van der Waals surface area contributed by atoms with E-state index in [1.807, 2.05) is 29.2 Å². The number of thiocarbonyl (C=S) groups is 1. The minimum atomic E-state index is -2.97. The molecule has 1 N–H and O–H groups in total. The maximum absolute atomic E-state index is 11.7. The van der Waals surface area contributed by atoms with Gasteiger partial charge >= 0.3 is 0 Å². The van der Waals surface area contributed by atoms with E-state index in [0.717, 1.165) is 11.4 Å². The van der Waals surface area contributed by atoms with Crippen LogP contribution in [-0.4, -0.2) is 44.2 Å². The molecule has 0 aromatic heterocycles. The molecule has 7 heteroatoms. The number of fused-ring (bicyclic) bond motifs is 1. The van der Waals surface area contributed by atoms with Crippen molar-refractivity contribution in [2.45, 2.75) is 12.1 Å². The number of rotatable bonds is 2. The molecule has 2 aliphatic rings. The Morgan fingerprint density at radius 1 is 1.32 bits per heavy atom. The molecule has 2 aliphatic heterocycles. The zero-order valence-electron chi connectivity index (χ0n) is 10.4. The van der Waals surface area contributed by atoms with Gasteiger partial charge in [-0.15, -0.1) is 0 Å². The van der Waals surface area contributed by atoms with E-state index >= 15 is 0 Å². The average Bonchev–Trinajstić information content (AvgIpc) is 2.79. The van der Waals surface area contributed by atoms with E-state index in [0.29, 0.717) is 5.11 Å². The van der Waals surface area contributed by atoms with Gasteiger partial charge in [0.1, 0.15) is 5.75 Å². The van der Waals surface area contributed by atoms with Gasteiger partial charge in [0.2, 0.25) is 0 Å². The van der Waals surface area contributed by atoms with Gasteiger partial charge in [0.05, 0.1) is 30.7 Å². The second-order valence-electron chi connectivity index (χ2n) is 4.77. The molecule has 19 heavy (non-hydrogen) atoms. The van der Waals surface area contributed by atoms with Crippen LogP contribution < -0.4 is 15.0 Å². The zero-order valence-corrected chi connectivity index (χ0v) is 12.0. The lowest BCUT2D eigenvalue weighted by Gasteiger charge is -2.23. The predicted octanol–water partition coefficient (Wildman–Crippen LogP) is 0.555. The molecule has 0 spiro atoms. The van der Waals surface area contributed by atoms with Crippen molar-refractivity contribution >= 4 is 32.9 Å². The van der Waals surface area contributed by atoms with Crippen molar-refractivity contribution in [3.8, 4) is 5.75 Å². The third kappa shape index (κ3) is 2.17. The molecule has 0 bridgehead atoms. The number of benzene rings is 1. The van der Waals surface area contributed by atoms with Crippen LogP contribution in [0.3, 0.4) is 0 Å². The summed E-state index contributed by atoms with van der Waals surface area (Å²) in [4.78, 5) is 1.89.